The molecule has 0 heterocycles. The summed E-state index contributed by atoms with van der Waals surface area (Å²) in [5.74, 6) is 5.76. The molecule has 0 fully saturated rings. The quantitative estimate of drug-likeness (QED) is 0.131. The Bertz CT molecular complexity index is 371. The van der Waals surface area contributed by atoms with Crippen LogP contribution in [0.3, 0.4) is 0 Å². The molecule has 0 aromatic heterocycles. The van der Waals surface area contributed by atoms with Crippen molar-refractivity contribution < 1.29 is 9.47 Å². The molecule has 0 atom stereocenters. The van der Waals surface area contributed by atoms with E-state index in [4.69, 9.17) is 9.47 Å². The van der Waals surface area contributed by atoms with Crippen LogP contribution in [-0.4, -0.2) is 19.5 Å². The molecule has 0 radical (unpaired) electrons. The van der Waals surface area contributed by atoms with Crippen LogP contribution in [0.1, 0.15) is 104 Å². The number of hydrogen-bond acceptors (Lipinski definition) is 2. The Morgan fingerprint density at radius 1 is 0.741 bits per heavy atom. The van der Waals surface area contributed by atoms with Crippen LogP contribution in [0.4, 0.5) is 0 Å². The van der Waals surface area contributed by atoms with Crippen molar-refractivity contribution in [2.45, 2.75) is 110 Å². The van der Waals surface area contributed by atoms with Gasteiger partial charge in [-0.3, -0.25) is 0 Å². The topological polar surface area (TPSA) is 18.5 Å². The van der Waals surface area contributed by atoms with E-state index in [2.05, 4.69) is 38.3 Å². The second kappa shape index (κ2) is 23.0. The number of ether oxygens (including phenoxy) is 2. The van der Waals surface area contributed by atoms with Crippen LogP contribution in [0.5, 0.6) is 0 Å². The van der Waals surface area contributed by atoms with Gasteiger partial charge in [0.2, 0.25) is 0 Å². The SMILES string of the molecule is C=CC#C/C=C\CCC(OCCCCCCCC)OCCCCCCCC. The van der Waals surface area contributed by atoms with Crippen LogP contribution in [0, 0.1) is 11.8 Å². The molecule has 0 aliphatic heterocycles. The van der Waals surface area contributed by atoms with Crippen molar-refractivity contribution in [3.63, 3.8) is 0 Å². The van der Waals surface area contributed by atoms with E-state index in [9.17, 15) is 0 Å². The van der Waals surface area contributed by atoms with Gasteiger partial charge in [-0.1, -0.05) is 103 Å². The molecule has 0 aromatic carbocycles. The van der Waals surface area contributed by atoms with Gasteiger partial charge in [-0.25, -0.2) is 0 Å². The standard InChI is InChI=1S/C25H44O2/c1-4-7-10-13-16-19-22-25(26-23-20-17-14-11-8-5-2)27-24-21-18-15-12-9-6-3/h4,13,16,25H,1,5-6,8-9,11-12,14-15,17-24H2,2-3H3/b16-13-. The molecule has 2 nitrogen and oxygen atoms in total. The number of allylic oxidation sites excluding steroid dienone is 3. The van der Waals surface area contributed by atoms with Gasteiger partial charge in [-0.15, -0.1) is 0 Å². The second-order valence-corrected chi connectivity index (χ2v) is 7.18. The predicted molar refractivity (Wildman–Crippen MR) is 119 cm³/mol. The molecule has 27 heavy (non-hydrogen) atoms. The molecular formula is C25H44O2. The first kappa shape index (κ1) is 26.0. The third-order valence-corrected chi connectivity index (χ3v) is 4.56. The van der Waals surface area contributed by atoms with Crippen molar-refractivity contribution in [1.29, 1.82) is 0 Å². The fourth-order valence-electron chi connectivity index (χ4n) is 2.89. The normalized spacial score (nSPS) is 11.1. The Kier molecular flexibility index (Phi) is 22.1. The molecule has 0 aromatic rings. The lowest BCUT2D eigenvalue weighted by Gasteiger charge is -2.18. The molecule has 0 aliphatic rings. The average Bonchev–Trinajstić information content (AvgIpc) is 2.68. The smallest absolute Gasteiger partial charge is 0.157 e. The maximum absolute atomic E-state index is 6.01. The highest BCUT2D eigenvalue weighted by Gasteiger charge is 2.08. The van der Waals surface area contributed by atoms with E-state index in [1.54, 1.807) is 6.08 Å². The summed E-state index contributed by atoms with van der Waals surface area (Å²) < 4.78 is 12.0. The monoisotopic (exact) mass is 376 g/mol. The van der Waals surface area contributed by atoms with Crippen LogP contribution in [-0.2, 0) is 9.47 Å². The van der Waals surface area contributed by atoms with Crippen molar-refractivity contribution in [2.24, 2.45) is 0 Å². The largest absolute Gasteiger partial charge is 0.353 e. The van der Waals surface area contributed by atoms with Gasteiger partial charge in [0.25, 0.3) is 0 Å². The summed E-state index contributed by atoms with van der Waals surface area (Å²) in [6.07, 6.45) is 22.8. The van der Waals surface area contributed by atoms with E-state index >= 15 is 0 Å². The van der Waals surface area contributed by atoms with Crippen molar-refractivity contribution >= 4 is 0 Å². The van der Waals surface area contributed by atoms with Crippen molar-refractivity contribution in [2.75, 3.05) is 13.2 Å². The number of rotatable bonds is 19. The summed E-state index contributed by atoms with van der Waals surface area (Å²) in [4.78, 5) is 0. The predicted octanol–water partition coefficient (Wildman–Crippen LogP) is 7.59. The van der Waals surface area contributed by atoms with Gasteiger partial charge in [0, 0.05) is 19.6 Å². The van der Waals surface area contributed by atoms with Gasteiger partial charge in [0.1, 0.15) is 0 Å². The van der Waals surface area contributed by atoms with Crippen LogP contribution in [0.15, 0.2) is 24.8 Å². The van der Waals surface area contributed by atoms with E-state index in [-0.39, 0.29) is 6.29 Å². The minimum absolute atomic E-state index is 0.0757. The maximum atomic E-state index is 6.01. The van der Waals surface area contributed by atoms with Gasteiger partial charge in [-0.05, 0) is 31.4 Å². The van der Waals surface area contributed by atoms with Crippen LogP contribution in [0.2, 0.25) is 0 Å². The molecule has 0 saturated carbocycles. The summed E-state index contributed by atoms with van der Waals surface area (Å²) in [7, 11) is 0. The first-order valence-electron chi connectivity index (χ1n) is 11.3. The minimum Gasteiger partial charge on any atom is -0.353 e. The molecule has 0 aliphatic carbocycles. The Labute approximate surface area is 169 Å². The average molecular weight is 377 g/mol. The summed E-state index contributed by atoms with van der Waals surface area (Å²) in [5, 5.41) is 0. The molecule has 0 N–H and O–H groups in total. The van der Waals surface area contributed by atoms with E-state index < -0.39 is 0 Å². The highest BCUT2D eigenvalue weighted by molar-refractivity contribution is 5.21. The third kappa shape index (κ3) is 21.1. The summed E-state index contributed by atoms with van der Waals surface area (Å²) in [6, 6.07) is 0. The van der Waals surface area contributed by atoms with E-state index in [1.807, 2.05) is 6.08 Å². The molecule has 0 saturated heterocycles. The molecule has 156 valence electrons. The summed E-state index contributed by atoms with van der Waals surface area (Å²) in [6.45, 7) is 9.73. The third-order valence-electron chi connectivity index (χ3n) is 4.56. The van der Waals surface area contributed by atoms with Gasteiger partial charge in [0.05, 0.1) is 0 Å². The fourth-order valence-corrected chi connectivity index (χ4v) is 2.89. The molecule has 0 spiro atoms. The molecule has 0 amide bonds. The first-order chi connectivity index (χ1) is 13.3. The van der Waals surface area contributed by atoms with E-state index in [0.717, 1.165) is 38.9 Å². The van der Waals surface area contributed by atoms with Crippen molar-refractivity contribution in [3.8, 4) is 11.8 Å². The molecule has 0 bridgehead atoms. The lowest BCUT2D eigenvalue weighted by atomic mass is 10.1. The Morgan fingerprint density at radius 3 is 1.78 bits per heavy atom. The molecule has 0 rings (SSSR count). The molecular weight excluding hydrogens is 332 g/mol. The number of unbranched alkanes of at least 4 members (excludes halogenated alkanes) is 10. The van der Waals surface area contributed by atoms with Crippen molar-refractivity contribution in [1.82, 2.24) is 0 Å². The van der Waals surface area contributed by atoms with Crippen LogP contribution in [0.25, 0.3) is 0 Å². The van der Waals surface area contributed by atoms with Gasteiger partial charge in [0.15, 0.2) is 6.29 Å². The lowest BCUT2D eigenvalue weighted by molar-refractivity contribution is -0.146. The molecule has 2 heteroatoms. The fraction of sp³-hybridized carbons (Fsp3) is 0.760. The first-order valence-corrected chi connectivity index (χ1v) is 11.3. The van der Waals surface area contributed by atoms with Gasteiger partial charge >= 0.3 is 0 Å². The number of hydrogen-bond donors (Lipinski definition) is 0. The Morgan fingerprint density at radius 2 is 1.26 bits per heavy atom. The highest BCUT2D eigenvalue weighted by Crippen LogP contribution is 2.11. The van der Waals surface area contributed by atoms with Crippen molar-refractivity contribution in [3.05, 3.63) is 24.8 Å². The lowest BCUT2D eigenvalue weighted by Crippen LogP contribution is -2.18. The molecule has 0 unspecified atom stereocenters. The van der Waals surface area contributed by atoms with E-state index in [0.29, 0.717) is 0 Å². The zero-order chi connectivity index (χ0) is 19.8. The summed E-state index contributed by atoms with van der Waals surface area (Å²) >= 11 is 0. The zero-order valence-electron chi connectivity index (χ0n) is 18.1. The highest BCUT2D eigenvalue weighted by atomic mass is 16.7. The Hall–Kier alpha value is -1.04. The van der Waals surface area contributed by atoms with Crippen LogP contribution >= 0.6 is 0 Å². The van der Waals surface area contributed by atoms with Gasteiger partial charge < -0.3 is 9.47 Å². The van der Waals surface area contributed by atoms with E-state index in [1.165, 1.54) is 64.2 Å². The zero-order valence-corrected chi connectivity index (χ0v) is 18.1. The Balaban J connectivity index is 3.94. The minimum atomic E-state index is -0.0757. The second-order valence-electron chi connectivity index (χ2n) is 7.18. The maximum Gasteiger partial charge on any atom is 0.157 e. The summed E-state index contributed by atoms with van der Waals surface area (Å²) in [5.41, 5.74) is 0. The van der Waals surface area contributed by atoms with Crippen LogP contribution < -0.4 is 0 Å². The van der Waals surface area contributed by atoms with Gasteiger partial charge in [-0.2, -0.15) is 0 Å².